The number of carbonyl (C=O) groups is 1. The largest absolute Gasteiger partial charge is 0.317 e. The molecule has 0 atom stereocenters. The smallest absolute Gasteiger partial charge is 0.253 e. The topological polar surface area (TPSA) is 53.5 Å². The fraction of sp³-hybridized carbons (Fsp3) is 0.750. The molecule has 0 saturated carbocycles. The minimum absolute atomic E-state index is 0. The highest BCUT2D eigenvalue weighted by Gasteiger charge is 2.42. The second kappa shape index (κ2) is 3.64. The second-order valence-electron chi connectivity index (χ2n) is 3.43. The summed E-state index contributed by atoms with van der Waals surface area (Å²) in [4.78, 5) is 15.9. The summed E-state index contributed by atoms with van der Waals surface area (Å²) in [6.07, 6.45) is 1.66. The summed E-state index contributed by atoms with van der Waals surface area (Å²) in [6, 6.07) is 0. The number of amidine groups is 1. The number of halogens is 1. The molecule has 2 aliphatic heterocycles. The molecule has 4 nitrogen and oxygen atoms in total. The molecule has 0 radical (unpaired) electrons. The molecule has 13 heavy (non-hydrogen) atoms. The van der Waals surface area contributed by atoms with Crippen LogP contribution in [0.25, 0.3) is 0 Å². The Labute approximate surface area is 83.6 Å². The summed E-state index contributed by atoms with van der Waals surface area (Å²) in [7, 11) is 0. The van der Waals surface area contributed by atoms with Gasteiger partial charge in [0.05, 0.1) is 0 Å². The average Bonchev–Trinajstić information content (AvgIpc) is 2.29. The molecule has 0 aromatic rings. The number of carbonyl (C=O) groups excluding carboxylic acids is 1. The van der Waals surface area contributed by atoms with Crippen molar-refractivity contribution in [2.24, 2.45) is 4.99 Å². The number of nitrogens with zero attached hydrogens (tertiary/aromatic N) is 1. The molecule has 2 N–H and O–H groups in total. The average molecular weight is 204 g/mol. The van der Waals surface area contributed by atoms with Crippen molar-refractivity contribution in [1.29, 1.82) is 0 Å². The van der Waals surface area contributed by atoms with Crippen molar-refractivity contribution in [2.75, 3.05) is 13.1 Å². The van der Waals surface area contributed by atoms with E-state index in [1.54, 1.807) is 0 Å². The molecular formula is C8H14ClN3O. The lowest BCUT2D eigenvalue weighted by atomic mass is 9.89. The molecule has 1 fully saturated rings. The highest BCUT2D eigenvalue weighted by molar-refractivity contribution is 6.07. The fourth-order valence-corrected chi connectivity index (χ4v) is 1.86. The van der Waals surface area contributed by atoms with Crippen LogP contribution in [0.5, 0.6) is 0 Å². The normalized spacial score (nSPS) is 25.0. The van der Waals surface area contributed by atoms with Gasteiger partial charge in [-0.05, 0) is 32.9 Å². The first kappa shape index (κ1) is 10.5. The molecule has 0 aromatic heterocycles. The second-order valence-corrected chi connectivity index (χ2v) is 3.43. The van der Waals surface area contributed by atoms with Crippen LogP contribution in [0, 0.1) is 0 Å². The monoisotopic (exact) mass is 203 g/mol. The van der Waals surface area contributed by atoms with E-state index in [4.69, 9.17) is 0 Å². The van der Waals surface area contributed by atoms with Gasteiger partial charge in [0.2, 0.25) is 0 Å². The van der Waals surface area contributed by atoms with Crippen LogP contribution in [-0.4, -0.2) is 30.4 Å². The van der Waals surface area contributed by atoms with Crippen LogP contribution in [0.2, 0.25) is 0 Å². The maximum atomic E-state index is 11.5. The van der Waals surface area contributed by atoms with E-state index in [1.807, 2.05) is 6.92 Å². The molecule has 1 amide bonds. The Kier molecular flexibility index (Phi) is 2.93. The summed E-state index contributed by atoms with van der Waals surface area (Å²) in [5.41, 5.74) is -0.421. The summed E-state index contributed by atoms with van der Waals surface area (Å²) >= 11 is 0. The van der Waals surface area contributed by atoms with Crippen LogP contribution >= 0.6 is 12.4 Å². The molecule has 1 spiro atoms. The summed E-state index contributed by atoms with van der Waals surface area (Å²) < 4.78 is 0. The molecule has 0 aliphatic carbocycles. The van der Waals surface area contributed by atoms with Crippen molar-refractivity contribution in [1.82, 2.24) is 10.6 Å². The van der Waals surface area contributed by atoms with Crippen LogP contribution in [0.1, 0.15) is 19.8 Å². The van der Waals surface area contributed by atoms with E-state index < -0.39 is 5.54 Å². The van der Waals surface area contributed by atoms with Gasteiger partial charge in [-0.1, -0.05) is 0 Å². The maximum Gasteiger partial charge on any atom is 0.253 e. The first-order valence-corrected chi connectivity index (χ1v) is 4.32. The van der Waals surface area contributed by atoms with Crippen molar-refractivity contribution >= 4 is 24.1 Å². The Morgan fingerprint density at radius 1 is 1.38 bits per heavy atom. The first-order valence-electron chi connectivity index (χ1n) is 4.32. The number of rotatable bonds is 0. The van der Waals surface area contributed by atoms with Crippen molar-refractivity contribution in [2.45, 2.75) is 25.3 Å². The molecule has 74 valence electrons. The fourth-order valence-electron chi connectivity index (χ4n) is 1.86. The number of aliphatic imine (C=N–C) groups is 1. The third-order valence-corrected chi connectivity index (χ3v) is 2.53. The van der Waals surface area contributed by atoms with E-state index in [2.05, 4.69) is 15.6 Å². The van der Waals surface area contributed by atoms with Gasteiger partial charge in [-0.25, -0.2) is 0 Å². The first-order chi connectivity index (χ1) is 5.73. The third-order valence-electron chi connectivity index (χ3n) is 2.53. The minimum atomic E-state index is -0.421. The Hall–Kier alpha value is -0.610. The van der Waals surface area contributed by atoms with Crippen LogP contribution in [-0.2, 0) is 4.79 Å². The Bertz CT molecular complexity index is 246. The van der Waals surface area contributed by atoms with Crippen molar-refractivity contribution < 1.29 is 4.79 Å². The number of hydrogen-bond acceptors (Lipinski definition) is 3. The van der Waals surface area contributed by atoms with Crippen LogP contribution in [0.4, 0.5) is 0 Å². The molecule has 1 saturated heterocycles. The molecule has 0 bridgehead atoms. The van der Waals surface area contributed by atoms with E-state index in [-0.39, 0.29) is 18.3 Å². The molecule has 2 heterocycles. The van der Waals surface area contributed by atoms with Gasteiger partial charge in [-0.15, -0.1) is 12.4 Å². The van der Waals surface area contributed by atoms with Crippen LogP contribution < -0.4 is 10.6 Å². The lowest BCUT2D eigenvalue weighted by Gasteiger charge is -2.28. The van der Waals surface area contributed by atoms with Crippen molar-refractivity contribution in [3.8, 4) is 0 Å². The van der Waals surface area contributed by atoms with E-state index >= 15 is 0 Å². The molecule has 2 aliphatic rings. The van der Waals surface area contributed by atoms with Gasteiger partial charge in [0, 0.05) is 0 Å². The number of amides is 1. The zero-order valence-electron chi connectivity index (χ0n) is 7.59. The highest BCUT2D eigenvalue weighted by atomic mass is 35.5. The number of hydrogen-bond donors (Lipinski definition) is 2. The van der Waals surface area contributed by atoms with Crippen molar-refractivity contribution in [3.63, 3.8) is 0 Å². The summed E-state index contributed by atoms with van der Waals surface area (Å²) in [6.45, 7) is 3.63. The van der Waals surface area contributed by atoms with Crippen molar-refractivity contribution in [3.05, 3.63) is 0 Å². The summed E-state index contributed by atoms with van der Waals surface area (Å²) in [5.74, 6) is 0.850. The predicted octanol–water partition coefficient (Wildman–Crippen LogP) is 0.0786. The van der Waals surface area contributed by atoms with E-state index in [0.29, 0.717) is 0 Å². The standard InChI is InChI=1S/C8H13N3O.ClH/c1-6-10-7(12)8(11-6)2-4-9-5-3-8;/h9H,2-5H2,1H3,(H,10,11,12);1H. The molecule has 0 aromatic carbocycles. The number of piperidine rings is 1. The van der Waals surface area contributed by atoms with Gasteiger partial charge in [0.25, 0.3) is 5.91 Å². The van der Waals surface area contributed by atoms with Gasteiger partial charge < -0.3 is 10.6 Å². The SMILES string of the molecule is CC1=NC2(CCNCC2)C(=O)N1.Cl. The quantitative estimate of drug-likeness (QED) is 0.586. The molecular weight excluding hydrogens is 190 g/mol. The van der Waals surface area contributed by atoms with E-state index in [1.165, 1.54) is 0 Å². The van der Waals surface area contributed by atoms with E-state index in [0.717, 1.165) is 31.8 Å². The Morgan fingerprint density at radius 2 is 2.00 bits per heavy atom. The van der Waals surface area contributed by atoms with Gasteiger partial charge in [-0.3, -0.25) is 9.79 Å². The van der Waals surface area contributed by atoms with E-state index in [9.17, 15) is 4.79 Å². The predicted molar refractivity (Wildman–Crippen MR) is 53.3 cm³/mol. The molecule has 5 heteroatoms. The van der Waals surface area contributed by atoms with Gasteiger partial charge >= 0.3 is 0 Å². The lowest BCUT2D eigenvalue weighted by molar-refractivity contribution is -0.124. The zero-order valence-corrected chi connectivity index (χ0v) is 8.41. The zero-order chi connectivity index (χ0) is 8.60. The summed E-state index contributed by atoms with van der Waals surface area (Å²) in [5, 5.41) is 5.98. The Balaban J connectivity index is 0.000000845. The lowest BCUT2D eigenvalue weighted by Crippen LogP contribution is -2.47. The van der Waals surface area contributed by atoms with Gasteiger partial charge in [0.15, 0.2) is 0 Å². The molecule has 2 rings (SSSR count). The van der Waals surface area contributed by atoms with Crippen LogP contribution in [0.15, 0.2) is 4.99 Å². The Morgan fingerprint density at radius 3 is 2.46 bits per heavy atom. The minimum Gasteiger partial charge on any atom is -0.317 e. The molecule has 0 unspecified atom stereocenters. The van der Waals surface area contributed by atoms with Crippen LogP contribution in [0.3, 0.4) is 0 Å². The highest BCUT2D eigenvalue weighted by Crippen LogP contribution is 2.26. The van der Waals surface area contributed by atoms with Gasteiger partial charge in [-0.2, -0.15) is 0 Å². The number of nitrogens with one attached hydrogen (secondary N) is 2. The third kappa shape index (κ3) is 1.69. The van der Waals surface area contributed by atoms with Gasteiger partial charge in [0.1, 0.15) is 11.4 Å². The maximum absolute atomic E-state index is 11.5.